The van der Waals surface area contributed by atoms with Crippen LogP contribution in [0.2, 0.25) is 0 Å². The van der Waals surface area contributed by atoms with E-state index in [1.54, 1.807) is 7.11 Å². The number of benzene rings is 1. The maximum Gasteiger partial charge on any atom is 0.119 e. The Bertz CT molecular complexity index is 307. The summed E-state index contributed by atoms with van der Waals surface area (Å²) in [6, 6.07) is 6.23. The van der Waals surface area contributed by atoms with E-state index < -0.39 is 0 Å². The van der Waals surface area contributed by atoms with Crippen LogP contribution < -0.4 is 10.5 Å². The van der Waals surface area contributed by atoms with Gasteiger partial charge in [0.1, 0.15) is 5.75 Å². The molecule has 1 aromatic rings. The second-order valence-electron chi connectivity index (χ2n) is 4.05. The number of nitrogens with two attached hydrogens (primary N) is 1. The maximum atomic E-state index is 6.07. The van der Waals surface area contributed by atoms with Crippen LogP contribution in [0, 0.1) is 12.8 Å². The van der Waals surface area contributed by atoms with Gasteiger partial charge in [0.2, 0.25) is 0 Å². The van der Waals surface area contributed by atoms with E-state index in [4.69, 9.17) is 10.5 Å². The summed E-state index contributed by atoms with van der Waals surface area (Å²) in [6.45, 7) is 6.30. The Kier molecular flexibility index (Phi) is 3.53. The number of ether oxygens (including phenoxy) is 1. The van der Waals surface area contributed by atoms with E-state index in [0.29, 0.717) is 5.92 Å². The molecule has 1 unspecified atom stereocenters. The van der Waals surface area contributed by atoms with Crippen LogP contribution in [0.4, 0.5) is 0 Å². The van der Waals surface area contributed by atoms with Gasteiger partial charge in [-0.2, -0.15) is 0 Å². The second kappa shape index (κ2) is 4.47. The van der Waals surface area contributed by atoms with E-state index in [1.807, 2.05) is 12.1 Å². The van der Waals surface area contributed by atoms with Crippen molar-refractivity contribution in [3.05, 3.63) is 29.3 Å². The average Bonchev–Trinajstić information content (AvgIpc) is 2.15. The molecule has 0 aliphatic carbocycles. The van der Waals surface area contributed by atoms with E-state index >= 15 is 0 Å². The SMILES string of the molecule is COc1cc(C)cc(C(N)C(C)C)c1. The molecule has 0 heterocycles. The quantitative estimate of drug-likeness (QED) is 0.801. The molecular formula is C12H19NO. The molecule has 2 heteroatoms. The van der Waals surface area contributed by atoms with Crippen LogP contribution in [-0.2, 0) is 0 Å². The molecule has 0 aliphatic rings. The van der Waals surface area contributed by atoms with Crippen LogP contribution in [-0.4, -0.2) is 7.11 Å². The first-order chi connectivity index (χ1) is 6.54. The molecule has 1 aromatic carbocycles. The second-order valence-corrected chi connectivity index (χ2v) is 4.05. The van der Waals surface area contributed by atoms with Gasteiger partial charge in [0.05, 0.1) is 7.11 Å². The predicted molar refractivity (Wildman–Crippen MR) is 59.5 cm³/mol. The fraction of sp³-hybridized carbons (Fsp3) is 0.500. The molecule has 0 fully saturated rings. The van der Waals surface area contributed by atoms with Crippen molar-refractivity contribution in [2.24, 2.45) is 11.7 Å². The lowest BCUT2D eigenvalue weighted by Gasteiger charge is -2.17. The van der Waals surface area contributed by atoms with Gasteiger partial charge in [0, 0.05) is 6.04 Å². The fourth-order valence-corrected chi connectivity index (χ4v) is 1.47. The Balaban J connectivity index is 3.02. The van der Waals surface area contributed by atoms with Crippen molar-refractivity contribution in [2.75, 3.05) is 7.11 Å². The van der Waals surface area contributed by atoms with Gasteiger partial charge < -0.3 is 10.5 Å². The summed E-state index contributed by atoms with van der Waals surface area (Å²) in [5.74, 6) is 1.33. The zero-order valence-corrected chi connectivity index (χ0v) is 9.37. The Hall–Kier alpha value is -1.02. The molecule has 0 amide bonds. The van der Waals surface area contributed by atoms with Crippen molar-refractivity contribution in [1.29, 1.82) is 0 Å². The van der Waals surface area contributed by atoms with Crippen molar-refractivity contribution in [3.63, 3.8) is 0 Å². The highest BCUT2D eigenvalue weighted by molar-refractivity contribution is 5.35. The van der Waals surface area contributed by atoms with Gasteiger partial charge in [-0.25, -0.2) is 0 Å². The molecule has 2 nitrogen and oxygen atoms in total. The maximum absolute atomic E-state index is 6.07. The minimum Gasteiger partial charge on any atom is -0.497 e. The first-order valence-electron chi connectivity index (χ1n) is 4.95. The van der Waals surface area contributed by atoms with Gasteiger partial charge in [-0.3, -0.25) is 0 Å². The first kappa shape index (κ1) is 11.1. The van der Waals surface area contributed by atoms with Crippen LogP contribution in [0.25, 0.3) is 0 Å². The first-order valence-corrected chi connectivity index (χ1v) is 4.95. The standard InChI is InChI=1S/C12H19NO/c1-8(2)12(13)10-5-9(3)6-11(7-10)14-4/h5-8,12H,13H2,1-4H3. The largest absolute Gasteiger partial charge is 0.497 e. The molecule has 0 aromatic heterocycles. The van der Waals surface area contributed by atoms with Gasteiger partial charge >= 0.3 is 0 Å². The van der Waals surface area contributed by atoms with Crippen molar-refractivity contribution in [3.8, 4) is 5.75 Å². The molecule has 1 atom stereocenters. The smallest absolute Gasteiger partial charge is 0.119 e. The van der Waals surface area contributed by atoms with Crippen LogP contribution in [0.5, 0.6) is 5.75 Å². The molecule has 14 heavy (non-hydrogen) atoms. The summed E-state index contributed by atoms with van der Waals surface area (Å²) in [6.07, 6.45) is 0. The van der Waals surface area contributed by atoms with Crippen LogP contribution >= 0.6 is 0 Å². The lowest BCUT2D eigenvalue weighted by molar-refractivity contribution is 0.412. The highest BCUT2D eigenvalue weighted by Crippen LogP contribution is 2.24. The van der Waals surface area contributed by atoms with Crippen molar-refractivity contribution in [2.45, 2.75) is 26.8 Å². The molecule has 2 N–H and O–H groups in total. The lowest BCUT2D eigenvalue weighted by atomic mass is 9.95. The molecule has 0 radical (unpaired) electrons. The summed E-state index contributed by atoms with van der Waals surface area (Å²) >= 11 is 0. The summed E-state index contributed by atoms with van der Waals surface area (Å²) in [5.41, 5.74) is 8.41. The number of rotatable bonds is 3. The molecule has 1 rings (SSSR count). The van der Waals surface area contributed by atoms with Crippen LogP contribution in [0.15, 0.2) is 18.2 Å². The topological polar surface area (TPSA) is 35.2 Å². The molecule has 0 bridgehead atoms. The highest BCUT2D eigenvalue weighted by atomic mass is 16.5. The predicted octanol–water partition coefficient (Wildman–Crippen LogP) is 2.66. The minimum absolute atomic E-state index is 0.0869. The minimum atomic E-state index is 0.0869. The van der Waals surface area contributed by atoms with Crippen LogP contribution in [0.1, 0.15) is 31.0 Å². The zero-order chi connectivity index (χ0) is 10.7. The number of methoxy groups -OCH3 is 1. The molecule has 0 saturated heterocycles. The molecule has 0 spiro atoms. The van der Waals surface area contributed by atoms with Crippen molar-refractivity contribution in [1.82, 2.24) is 0 Å². The third kappa shape index (κ3) is 2.48. The van der Waals surface area contributed by atoms with Gasteiger partial charge in [0.25, 0.3) is 0 Å². The summed E-state index contributed by atoms with van der Waals surface area (Å²) < 4.78 is 5.21. The van der Waals surface area contributed by atoms with Gasteiger partial charge in [-0.05, 0) is 36.1 Å². The van der Waals surface area contributed by atoms with Gasteiger partial charge in [-0.1, -0.05) is 19.9 Å². The lowest BCUT2D eigenvalue weighted by Crippen LogP contribution is -2.16. The average molecular weight is 193 g/mol. The normalized spacial score (nSPS) is 13.0. The van der Waals surface area contributed by atoms with E-state index in [1.165, 1.54) is 5.56 Å². The van der Waals surface area contributed by atoms with E-state index in [9.17, 15) is 0 Å². The summed E-state index contributed by atoms with van der Waals surface area (Å²) in [4.78, 5) is 0. The van der Waals surface area contributed by atoms with Crippen molar-refractivity contribution < 1.29 is 4.74 Å². The van der Waals surface area contributed by atoms with Crippen molar-refractivity contribution >= 4 is 0 Å². The summed E-state index contributed by atoms with van der Waals surface area (Å²) in [7, 11) is 1.68. The molecule has 0 saturated carbocycles. The Morgan fingerprint density at radius 2 is 1.86 bits per heavy atom. The zero-order valence-electron chi connectivity index (χ0n) is 9.37. The molecule has 78 valence electrons. The van der Waals surface area contributed by atoms with Crippen LogP contribution in [0.3, 0.4) is 0 Å². The number of aryl methyl sites for hydroxylation is 1. The Morgan fingerprint density at radius 3 is 2.36 bits per heavy atom. The van der Waals surface area contributed by atoms with E-state index in [-0.39, 0.29) is 6.04 Å². The fourth-order valence-electron chi connectivity index (χ4n) is 1.47. The third-order valence-corrected chi connectivity index (χ3v) is 2.41. The highest BCUT2D eigenvalue weighted by Gasteiger charge is 2.11. The van der Waals surface area contributed by atoms with Gasteiger partial charge in [-0.15, -0.1) is 0 Å². The number of hydrogen-bond acceptors (Lipinski definition) is 2. The van der Waals surface area contributed by atoms with E-state index in [0.717, 1.165) is 11.3 Å². The van der Waals surface area contributed by atoms with Gasteiger partial charge in [0.15, 0.2) is 0 Å². The third-order valence-electron chi connectivity index (χ3n) is 2.41. The summed E-state index contributed by atoms with van der Waals surface area (Å²) in [5, 5.41) is 0. The Labute approximate surface area is 86.1 Å². The monoisotopic (exact) mass is 193 g/mol. The Morgan fingerprint density at radius 1 is 1.21 bits per heavy atom. The van der Waals surface area contributed by atoms with E-state index in [2.05, 4.69) is 26.8 Å². The molecule has 0 aliphatic heterocycles. The molecular weight excluding hydrogens is 174 g/mol. The number of hydrogen-bond donors (Lipinski definition) is 1.